The fourth-order valence-electron chi connectivity index (χ4n) is 3.10. The first-order valence-electron chi connectivity index (χ1n) is 9.52. The number of aromatic amines is 1. The third kappa shape index (κ3) is 4.61. The van der Waals surface area contributed by atoms with Crippen LogP contribution in [0, 0.1) is 5.82 Å². The lowest BCUT2D eigenvalue weighted by Crippen LogP contribution is -2.25. The Bertz CT molecular complexity index is 1280. The number of hydrogen-bond acceptors (Lipinski definition) is 7. The molecule has 1 amide bonds. The molecule has 0 aliphatic heterocycles. The lowest BCUT2D eigenvalue weighted by Gasteiger charge is -2.17. The van der Waals surface area contributed by atoms with Gasteiger partial charge in [0.25, 0.3) is 5.91 Å². The molecule has 4 rings (SSSR count). The number of carbonyl (C=O) groups is 1. The standard InChI is InChI=1S/C21H18ClFN6O3/c1-11(12-3-2-4-14(5-12)32-10-18(30)29-31)27-21-17(23)9-26-20(28-21)16-8-25-19-15(16)6-13(22)7-24-19/h2-9,11,31H,10H2,1H3,(H,24,25)(H,29,30)(H,26,27,28)/t11-/m0/s1. The molecule has 0 unspecified atom stereocenters. The second-order valence-corrected chi connectivity index (χ2v) is 7.34. The fourth-order valence-corrected chi connectivity index (χ4v) is 3.26. The van der Waals surface area contributed by atoms with E-state index in [-0.39, 0.29) is 18.5 Å². The second-order valence-electron chi connectivity index (χ2n) is 6.90. The van der Waals surface area contributed by atoms with Crippen LogP contribution in [0.25, 0.3) is 22.4 Å². The highest BCUT2D eigenvalue weighted by Gasteiger charge is 2.16. The number of benzene rings is 1. The van der Waals surface area contributed by atoms with E-state index in [0.29, 0.717) is 27.8 Å². The first kappa shape index (κ1) is 21.5. The largest absolute Gasteiger partial charge is 0.484 e. The molecule has 0 spiro atoms. The van der Waals surface area contributed by atoms with E-state index < -0.39 is 11.7 Å². The minimum atomic E-state index is -0.675. The van der Waals surface area contributed by atoms with Crippen molar-refractivity contribution < 1.29 is 19.1 Å². The topological polar surface area (TPSA) is 125 Å². The SMILES string of the molecule is C[C@H](Nc1nc(-c2c[nH]c3ncc(Cl)cc23)ncc1F)c1cccc(OCC(=O)NO)c1. The van der Waals surface area contributed by atoms with E-state index in [0.717, 1.165) is 17.1 Å². The maximum absolute atomic E-state index is 14.5. The molecular formula is C21H18ClFN6O3. The van der Waals surface area contributed by atoms with Crippen molar-refractivity contribution >= 4 is 34.4 Å². The molecule has 0 radical (unpaired) electrons. The van der Waals surface area contributed by atoms with Crippen LogP contribution in [0.4, 0.5) is 10.2 Å². The minimum absolute atomic E-state index is 0.0258. The van der Waals surface area contributed by atoms with Gasteiger partial charge in [-0.2, -0.15) is 0 Å². The van der Waals surface area contributed by atoms with Gasteiger partial charge in [-0.05, 0) is 30.7 Å². The van der Waals surface area contributed by atoms with Gasteiger partial charge in [-0.25, -0.2) is 24.8 Å². The van der Waals surface area contributed by atoms with Crippen molar-refractivity contribution in [3.05, 3.63) is 65.3 Å². The minimum Gasteiger partial charge on any atom is -0.484 e. The van der Waals surface area contributed by atoms with Crippen LogP contribution in [-0.4, -0.2) is 37.7 Å². The smallest absolute Gasteiger partial charge is 0.281 e. The first-order chi connectivity index (χ1) is 15.4. The number of H-pyrrole nitrogens is 1. The molecule has 9 nitrogen and oxygen atoms in total. The molecule has 164 valence electrons. The molecule has 0 fully saturated rings. The van der Waals surface area contributed by atoms with Crippen LogP contribution in [0.3, 0.4) is 0 Å². The molecule has 0 saturated carbocycles. The number of amides is 1. The lowest BCUT2D eigenvalue weighted by atomic mass is 10.1. The van der Waals surface area contributed by atoms with Gasteiger partial charge in [0, 0.05) is 23.3 Å². The van der Waals surface area contributed by atoms with Gasteiger partial charge >= 0.3 is 0 Å². The number of nitrogens with zero attached hydrogens (tertiary/aromatic N) is 3. The summed E-state index contributed by atoms with van der Waals surface area (Å²) in [5, 5.41) is 12.8. The van der Waals surface area contributed by atoms with Crippen LogP contribution in [0.15, 0.2) is 48.9 Å². The number of fused-ring (bicyclic) bond motifs is 1. The summed E-state index contributed by atoms with van der Waals surface area (Å²) in [5.41, 5.74) is 3.53. The summed E-state index contributed by atoms with van der Waals surface area (Å²) in [7, 11) is 0. The molecule has 4 aromatic rings. The molecular weight excluding hydrogens is 439 g/mol. The van der Waals surface area contributed by atoms with E-state index in [1.54, 1.807) is 30.5 Å². The van der Waals surface area contributed by atoms with Gasteiger partial charge in [-0.1, -0.05) is 23.7 Å². The van der Waals surface area contributed by atoms with Gasteiger partial charge in [0.15, 0.2) is 24.1 Å². The van der Waals surface area contributed by atoms with E-state index in [4.69, 9.17) is 21.5 Å². The quantitative estimate of drug-likeness (QED) is 0.246. The summed E-state index contributed by atoms with van der Waals surface area (Å²) < 4.78 is 19.8. The molecule has 4 N–H and O–H groups in total. The normalized spacial score (nSPS) is 11.9. The van der Waals surface area contributed by atoms with Crippen LogP contribution in [0.1, 0.15) is 18.5 Å². The molecule has 32 heavy (non-hydrogen) atoms. The average molecular weight is 457 g/mol. The number of nitrogens with one attached hydrogen (secondary N) is 3. The van der Waals surface area contributed by atoms with Crippen molar-refractivity contribution in [2.75, 3.05) is 11.9 Å². The maximum atomic E-state index is 14.5. The molecule has 11 heteroatoms. The summed E-state index contributed by atoms with van der Waals surface area (Å²) in [4.78, 5) is 26.8. The van der Waals surface area contributed by atoms with Crippen molar-refractivity contribution in [1.82, 2.24) is 25.4 Å². The van der Waals surface area contributed by atoms with Crippen molar-refractivity contribution in [3.63, 3.8) is 0 Å². The fraction of sp³-hybridized carbons (Fsp3) is 0.143. The molecule has 1 aromatic carbocycles. The number of hydrogen-bond donors (Lipinski definition) is 4. The van der Waals surface area contributed by atoms with Crippen molar-refractivity contribution in [2.24, 2.45) is 0 Å². The van der Waals surface area contributed by atoms with Crippen molar-refractivity contribution in [1.29, 1.82) is 0 Å². The van der Waals surface area contributed by atoms with Crippen LogP contribution < -0.4 is 15.5 Å². The van der Waals surface area contributed by atoms with Gasteiger partial charge in [-0.15, -0.1) is 0 Å². The highest BCUT2D eigenvalue weighted by molar-refractivity contribution is 6.31. The van der Waals surface area contributed by atoms with Crippen molar-refractivity contribution in [3.8, 4) is 17.1 Å². The number of aromatic nitrogens is 4. The second kappa shape index (κ2) is 9.16. The number of pyridine rings is 1. The monoisotopic (exact) mass is 456 g/mol. The van der Waals surface area contributed by atoms with Gasteiger partial charge in [0.2, 0.25) is 0 Å². The molecule has 3 heterocycles. The van der Waals surface area contributed by atoms with E-state index in [2.05, 4.69) is 25.3 Å². The van der Waals surface area contributed by atoms with E-state index in [9.17, 15) is 9.18 Å². The Morgan fingerprint density at radius 3 is 2.97 bits per heavy atom. The van der Waals surface area contributed by atoms with E-state index in [1.165, 1.54) is 11.7 Å². The van der Waals surface area contributed by atoms with Crippen LogP contribution >= 0.6 is 11.6 Å². The predicted molar refractivity (Wildman–Crippen MR) is 116 cm³/mol. The number of anilines is 1. The summed E-state index contributed by atoms with van der Waals surface area (Å²) in [5.74, 6) is -0.525. The maximum Gasteiger partial charge on any atom is 0.281 e. The molecule has 0 aliphatic carbocycles. The predicted octanol–water partition coefficient (Wildman–Crippen LogP) is 3.87. The van der Waals surface area contributed by atoms with Gasteiger partial charge in [0.1, 0.15) is 11.4 Å². The van der Waals surface area contributed by atoms with Gasteiger partial charge in [0.05, 0.1) is 17.3 Å². The van der Waals surface area contributed by atoms with Gasteiger partial charge < -0.3 is 15.0 Å². The summed E-state index contributed by atoms with van der Waals surface area (Å²) in [6, 6.07) is 8.33. The van der Waals surface area contributed by atoms with Crippen LogP contribution in [0.5, 0.6) is 5.75 Å². The summed E-state index contributed by atoms with van der Waals surface area (Å²) >= 11 is 6.05. The van der Waals surface area contributed by atoms with Crippen molar-refractivity contribution in [2.45, 2.75) is 13.0 Å². The Balaban J connectivity index is 1.57. The Labute approximate surface area is 186 Å². The molecule has 0 saturated heterocycles. The highest BCUT2D eigenvalue weighted by Crippen LogP contribution is 2.29. The third-order valence-electron chi connectivity index (χ3n) is 4.69. The molecule has 3 aromatic heterocycles. The number of hydroxylamine groups is 1. The Morgan fingerprint density at radius 2 is 2.16 bits per heavy atom. The zero-order valence-electron chi connectivity index (χ0n) is 16.8. The highest BCUT2D eigenvalue weighted by atomic mass is 35.5. The molecule has 1 atom stereocenters. The third-order valence-corrected chi connectivity index (χ3v) is 4.90. The van der Waals surface area contributed by atoms with Crippen LogP contribution in [-0.2, 0) is 4.79 Å². The zero-order valence-corrected chi connectivity index (χ0v) is 17.5. The number of rotatable bonds is 7. The number of ether oxygens (including phenoxy) is 1. The average Bonchev–Trinajstić information content (AvgIpc) is 3.22. The lowest BCUT2D eigenvalue weighted by molar-refractivity contribution is -0.131. The zero-order chi connectivity index (χ0) is 22.7. The van der Waals surface area contributed by atoms with Crippen LogP contribution in [0.2, 0.25) is 5.02 Å². The Hall–Kier alpha value is -3.76. The number of carbonyl (C=O) groups excluding carboxylic acids is 1. The Morgan fingerprint density at radius 1 is 1.31 bits per heavy atom. The molecule has 0 aliphatic rings. The van der Waals surface area contributed by atoms with E-state index in [1.807, 2.05) is 13.0 Å². The van der Waals surface area contributed by atoms with Gasteiger partial charge in [-0.3, -0.25) is 10.0 Å². The summed E-state index contributed by atoms with van der Waals surface area (Å²) in [6.45, 7) is 1.49. The Kier molecular flexibility index (Phi) is 6.15. The van der Waals surface area contributed by atoms with E-state index >= 15 is 0 Å². The summed E-state index contributed by atoms with van der Waals surface area (Å²) in [6.07, 6.45) is 4.32. The molecule has 0 bridgehead atoms. The first-order valence-corrected chi connectivity index (χ1v) is 9.90. The number of halogens is 2.